The van der Waals surface area contributed by atoms with Gasteiger partial charge in [0.25, 0.3) is 5.91 Å². The minimum Gasteiger partial charge on any atom is -0.369 e. The molecule has 0 spiro atoms. The summed E-state index contributed by atoms with van der Waals surface area (Å²) in [4.78, 5) is 25.3. The fourth-order valence-electron chi connectivity index (χ4n) is 2.31. The summed E-state index contributed by atoms with van der Waals surface area (Å²) in [5, 5.41) is 0.557. The lowest BCUT2D eigenvalue weighted by molar-refractivity contribution is -0.122. The number of hydrogen-bond donors (Lipinski definition) is 1. The number of likely N-dealkylation sites (tertiary alicyclic amines) is 1. The fourth-order valence-corrected chi connectivity index (χ4v) is 2.81. The number of nitrogens with zero attached hydrogens (tertiary/aromatic N) is 1. The first kappa shape index (κ1) is 14.3. The van der Waals surface area contributed by atoms with Gasteiger partial charge in [-0.05, 0) is 40.0 Å². The molecule has 0 aromatic heterocycles. The lowest BCUT2D eigenvalue weighted by Gasteiger charge is -2.16. The number of carbonyl (C=O) groups excluding carboxylic acids is 2. The number of hydrogen-bond acceptors (Lipinski definition) is 2. The van der Waals surface area contributed by atoms with E-state index in [0.717, 1.165) is 0 Å². The molecular weight excluding hydrogens is 332 g/mol. The molecule has 1 fully saturated rings. The van der Waals surface area contributed by atoms with Gasteiger partial charge in [-0.25, -0.2) is 0 Å². The Morgan fingerprint density at radius 3 is 2.63 bits per heavy atom. The average Bonchev–Trinajstić information content (AvgIpc) is 2.74. The zero-order chi connectivity index (χ0) is 14.2. The molecule has 2 N–H and O–H groups in total. The second-order valence-corrected chi connectivity index (χ2v) is 6.09. The largest absolute Gasteiger partial charge is 0.369 e. The normalized spacial score (nSPS) is 22.6. The number of amides is 2. The van der Waals surface area contributed by atoms with Gasteiger partial charge in [0.1, 0.15) is 0 Å². The van der Waals surface area contributed by atoms with Crippen molar-refractivity contribution in [3.8, 4) is 0 Å². The molecule has 0 aliphatic carbocycles. The van der Waals surface area contributed by atoms with Crippen molar-refractivity contribution in [2.24, 2.45) is 17.6 Å². The Kier molecular flexibility index (Phi) is 4.16. The lowest BCUT2D eigenvalue weighted by Crippen LogP contribution is -2.32. The zero-order valence-corrected chi connectivity index (χ0v) is 12.7. The maximum atomic E-state index is 12.3. The quantitative estimate of drug-likeness (QED) is 0.894. The highest BCUT2D eigenvalue weighted by molar-refractivity contribution is 9.10. The van der Waals surface area contributed by atoms with Crippen LogP contribution in [0.15, 0.2) is 22.7 Å². The first-order valence-corrected chi connectivity index (χ1v) is 7.11. The number of carbonyl (C=O) groups is 2. The Hall–Kier alpha value is -1.07. The number of halogens is 2. The van der Waals surface area contributed by atoms with Crippen LogP contribution in [0.4, 0.5) is 0 Å². The van der Waals surface area contributed by atoms with Crippen LogP contribution in [0.25, 0.3) is 0 Å². The molecule has 0 radical (unpaired) electrons. The van der Waals surface area contributed by atoms with E-state index in [1.165, 1.54) is 0 Å². The first-order chi connectivity index (χ1) is 8.90. The standard InChI is InChI=1S/C13H14BrClN2O2/c1-7-5-17(6-9(7)12(16)18)13(19)8-2-3-11(15)10(14)4-8/h2-4,7,9H,5-6H2,1H3,(H2,16,18)/t7-,9-/m1/s1. The van der Waals surface area contributed by atoms with Gasteiger partial charge in [-0.2, -0.15) is 0 Å². The van der Waals surface area contributed by atoms with Crippen molar-refractivity contribution in [1.29, 1.82) is 0 Å². The Morgan fingerprint density at radius 2 is 2.11 bits per heavy atom. The van der Waals surface area contributed by atoms with Crippen LogP contribution in [0.5, 0.6) is 0 Å². The predicted octanol–water partition coefficient (Wildman–Crippen LogP) is 2.30. The molecule has 0 unspecified atom stereocenters. The van der Waals surface area contributed by atoms with E-state index in [-0.39, 0.29) is 23.7 Å². The number of rotatable bonds is 2. The van der Waals surface area contributed by atoms with E-state index in [2.05, 4.69) is 15.9 Å². The number of benzene rings is 1. The summed E-state index contributed by atoms with van der Waals surface area (Å²) in [6, 6.07) is 5.04. The minimum absolute atomic E-state index is 0.0946. The van der Waals surface area contributed by atoms with Crippen LogP contribution in [0.3, 0.4) is 0 Å². The summed E-state index contributed by atoms with van der Waals surface area (Å²) in [7, 11) is 0. The van der Waals surface area contributed by atoms with Gasteiger partial charge in [0.2, 0.25) is 5.91 Å². The van der Waals surface area contributed by atoms with Gasteiger partial charge in [-0.15, -0.1) is 0 Å². The summed E-state index contributed by atoms with van der Waals surface area (Å²) in [6.07, 6.45) is 0. The van der Waals surface area contributed by atoms with Crippen LogP contribution in [-0.4, -0.2) is 29.8 Å². The van der Waals surface area contributed by atoms with Crippen molar-refractivity contribution in [2.75, 3.05) is 13.1 Å². The van der Waals surface area contributed by atoms with Gasteiger partial charge in [0.15, 0.2) is 0 Å². The van der Waals surface area contributed by atoms with E-state index in [9.17, 15) is 9.59 Å². The van der Waals surface area contributed by atoms with Crippen LogP contribution in [0.2, 0.25) is 5.02 Å². The van der Waals surface area contributed by atoms with E-state index in [4.69, 9.17) is 17.3 Å². The van der Waals surface area contributed by atoms with Crippen molar-refractivity contribution in [2.45, 2.75) is 6.92 Å². The van der Waals surface area contributed by atoms with Gasteiger partial charge in [-0.1, -0.05) is 18.5 Å². The summed E-state index contributed by atoms with van der Waals surface area (Å²) in [5.41, 5.74) is 5.88. The molecule has 102 valence electrons. The van der Waals surface area contributed by atoms with Crippen molar-refractivity contribution >= 4 is 39.3 Å². The van der Waals surface area contributed by atoms with Crippen molar-refractivity contribution in [3.63, 3.8) is 0 Å². The maximum absolute atomic E-state index is 12.3. The molecule has 0 bridgehead atoms. The molecule has 19 heavy (non-hydrogen) atoms. The fraction of sp³-hybridized carbons (Fsp3) is 0.385. The summed E-state index contributed by atoms with van der Waals surface area (Å²) in [5.74, 6) is -0.620. The highest BCUT2D eigenvalue weighted by Gasteiger charge is 2.36. The molecule has 1 heterocycles. The van der Waals surface area contributed by atoms with E-state index in [0.29, 0.717) is 28.1 Å². The SMILES string of the molecule is C[C@@H]1CN(C(=O)c2ccc(Cl)c(Br)c2)C[C@H]1C(N)=O. The van der Waals surface area contributed by atoms with Gasteiger partial charge >= 0.3 is 0 Å². The Bertz CT molecular complexity index is 535. The summed E-state index contributed by atoms with van der Waals surface area (Å²) in [6.45, 7) is 2.86. The molecule has 2 rings (SSSR count). The Balaban J connectivity index is 2.17. The van der Waals surface area contributed by atoms with Gasteiger partial charge in [0.05, 0.1) is 10.9 Å². The molecule has 1 aromatic carbocycles. The maximum Gasteiger partial charge on any atom is 0.253 e. The smallest absolute Gasteiger partial charge is 0.253 e. The van der Waals surface area contributed by atoms with Crippen LogP contribution in [0.1, 0.15) is 17.3 Å². The monoisotopic (exact) mass is 344 g/mol. The molecule has 1 saturated heterocycles. The molecule has 1 aromatic rings. The van der Waals surface area contributed by atoms with Crippen molar-refractivity contribution < 1.29 is 9.59 Å². The lowest BCUT2D eigenvalue weighted by atomic mass is 9.98. The highest BCUT2D eigenvalue weighted by Crippen LogP contribution is 2.27. The molecule has 6 heteroatoms. The second-order valence-electron chi connectivity index (χ2n) is 4.83. The molecular formula is C13H14BrClN2O2. The van der Waals surface area contributed by atoms with E-state index in [1.54, 1.807) is 23.1 Å². The third-order valence-electron chi connectivity index (χ3n) is 3.43. The van der Waals surface area contributed by atoms with Crippen LogP contribution in [0, 0.1) is 11.8 Å². The second kappa shape index (κ2) is 5.51. The topological polar surface area (TPSA) is 63.4 Å². The minimum atomic E-state index is -0.347. The van der Waals surface area contributed by atoms with Crippen LogP contribution < -0.4 is 5.73 Å². The third kappa shape index (κ3) is 2.92. The van der Waals surface area contributed by atoms with Crippen LogP contribution >= 0.6 is 27.5 Å². The summed E-state index contributed by atoms with van der Waals surface area (Å²) >= 11 is 9.19. The number of nitrogens with two attached hydrogens (primary N) is 1. The van der Waals surface area contributed by atoms with Crippen molar-refractivity contribution in [1.82, 2.24) is 4.90 Å². The van der Waals surface area contributed by atoms with Gasteiger partial charge < -0.3 is 10.6 Å². The molecule has 2 amide bonds. The molecule has 4 nitrogen and oxygen atoms in total. The summed E-state index contributed by atoms with van der Waals surface area (Å²) < 4.78 is 0.679. The molecule has 2 atom stereocenters. The first-order valence-electron chi connectivity index (χ1n) is 5.93. The van der Waals surface area contributed by atoms with Crippen molar-refractivity contribution in [3.05, 3.63) is 33.3 Å². The third-order valence-corrected chi connectivity index (χ3v) is 4.65. The highest BCUT2D eigenvalue weighted by atomic mass is 79.9. The van der Waals surface area contributed by atoms with Gasteiger partial charge in [-0.3, -0.25) is 9.59 Å². The van der Waals surface area contributed by atoms with E-state index in [1.807, 2.05) is 6.92 Å². The van der Waals surface area contributed by atoms with Crippen LogP contribution in [-0.2, 0) is 4.79 Å². The van der Waals surface area contributed by atoms with E-state index >= 15 is 0 Å². The Labute approximate surface area is 125 Å². The molecule has 1 aliphatic rings. The molecule has 0 saturated carbocycles. The van der Waals surface area contributed by atoms with E-state index < -0.39 is 0 Å². The average molecular weight is 346 g/mol. The van der Waals surface area contributed by atoms with Gasteiger partial charge in [0, 0.05) is 23.1 Å². The zero-order valence-electron chi connectivity index (χ0n) is 10.4. The predicted molar refractivity (Wildman–Crippen MR) is 76.9 cm³/mol. The number of primary amides is 1. The molecule has 1 aliphatic heterocycles. The Morgan fingerprint density at radius 1 is 1.42 bits per heavy atom.